The summed E-state index contributed by atoms with van der Waals surface area (Å²) in [5, 5.41) is 3.70. The number of halogens is 1. The summed E-state index contributed by atoms with van der Waals surface area (Å²) in [5.41, 5.74) is 0.248. The number of ether oxygens (including phenoxy) is 1. The summed E-state index contributed by atoms with van der Waals surface area (Å²) >= 11 is 5.89. The molecule has 1 aliphatic heterocycles. The summed E-state index contributed by atoms with van der Waals surface area (Å²) in [5.74, 6) is 0.630. The lowest BCUT2D eigenvalue weighted by Crippen LogP contribution is -2.52. The molecule has 21 heavy (non-hydrogen) atoms. The van der Waals surface area contributed by atoms with E-state index in [9.17, 15) is 4.79 Å². The molecule has 3 nitrogen and oxygen atoms in total. The summed E-state index contributed by atoms with van der Waals surface area (Å²) < 4.78 is 6.10. The Balaban J connectivity index is 1.65. The minimum atomic E-state index is -0.649. The maximum absolute atomic E-state index is 12.9. The van der Waals surface area contributed by atoms with Crippen LogP contribution in [0.25, 0.3) is 0 Å². The first kappa shape index (κ1) is 13.6. The van der Waals surface area contributed by atoms with Gasteiger partial charge in [0.2, 0.25) is 0 Å². The molecule has 4 bridgehead atoms. The molecule has 0 spiro atoms. The van der Waals surface area contributed by atoms with Crippen LogP contribution in [0, 0.1) is 16.7 Å². The number of benzene rings is 1. The normalized spacial score (nSPS) is 43.3. The van der Waals surface area contributed by atoms with E-state index in [0.717, 1.165) is 18.5 Å². The zero-order chi connectivity index (χ0) is 14.9. The zero-order valence-electron chi connectivity index (χ0n) is 12.4. The van der Waals surface area contributed by atoms with Crippen molar-refractivity contribution in [1.29, 1.82) is 0 Å². The second-order valence-corrected chi connectivity index (χ2v) is 7.70. The third-order valence-corrected chi connectivity index (χ3v) is 6.92. The Morgan fingerprint density at radius 3 is 2.67 bits per heavy atom. The lowest BCUT2D eigenvalue weighted by Gasteiger charge is -2.39. The van der Waals surface area contributed by atoms with E-state index >= 15 is 0 Å². The fraction of sp³-hybridized carbons (Fsp3) is 0.588. The van der Waals surface area contributed by atoms with Gasteiger partial charge in [-0.3, -0.25) is 4.79 Å². The van der Waals surface area contributed by atoms with Crippen LogP contribution < -0.4 is 5.32 Å². The van der Waals surface area contributed by atoms with E-state index in [1.54, 1.807) is 12.1 Å². The maximum atomic E-state index is 12.9. The molecule has 4 atom stereocenters. The van der Waals surface area contributed by atoms with Gasteiger partial charge in [-0.2, -0.15) is 0 Å². The van der Waals surface area contributed by atoms with Gasteiger partial charge in [-0.15, -0.1) is 0 Å². The molecule has 1 aromatic carbocycles. The Morgan fingerprint density at radius 1 is 1.33 bits per heavy atom. The first-order valence-corrected chi connectivity index (χ1v) is 8.00. The van der Waals surface area contributed by atoms with Gasteiger partial charge in [-0.25, -0.2) is 0 Å². The fourth-order valence-corrected chi connectivity index (χ4v) is 5.15. The van der Waals surface area contributed by atoms with E-state index in [0.29, 0.717) is 17.5 Å². The number of amides is 1. The Morgan fingerprint density at radius 2 is 2.05 bits per heavy atom. The van der Waals surface area contributed by atoms with Gasteiger partial charge < -0.3 is 10.1 Å². The van der Waals surface area contributed by atoms with Crippen molar-refractivity contribution in [3.63, 3.8) is 0 Å². The van der Waals surface area contributed by atoms with Crippen LogP contribution in [0.3, 0.4) is 0 Å². The van der Waals surface area contributed by atoms with E-state index < -0.39 is 5.60 Å². The van der Waals surface area contributed by atoms with Gasteiger partial charge in [-0.1, -0.05) is 25.4 Å². The molecule has 3 aliphatic rings. The SMILES string of the molecule is C[C@]12CC[C@@H]3C[C@@]1(C(=O)Nc1ccc(Cl)cc1)OC[C@@]32C. The monoisotopic (exact) mass is 305 g/mol. The standard InChI is InChI=1S/C17H20ClNO2/c1-15-10-21-17(9-11(15)7-8-16(15,17)2)14(20)19-13-5-3-12(18)4-6-13/h3-6,11H,7-10H2,1-2H3,(H,19,20)/t11-,15+,16-,17+/m1/s1. The molecular formula is C17H20ClNO2. The van der Waals surface area contributed by atoms with Crippen molar-refractivity contribution in [2.45, 2.75) is 38.7 Å². The molecule has 1 aromatic rings. The molecule has 4 rings (SSSR count). The van der Waals surface area contributed by atoms with Crippen molar-refractivity contribution in [1.82, 2.24) is 0 Å². The smallest absolute Gasteiger partial charge is 0.257 e. The van der Waals surface area contributed by atoms with Crippen LogP contribution in [0.2, 0.25) is 5.02 Å². The maximum Gasteiger partial charge on any atom is 0.257 e. The molecule has 4 heteroatoms. The van der Waals surface area contributed by atoms with Gasteiger partial charge >= 0.3 is 0 Å². The van der Waals surface area contributed by atoms with Crippen LogP contribution in [-0.4, -0.2) is 18.1 Å². The quantitative estimate of drug-likeness (QED) is 0.900. The average Bonchev–Trinajstić information content (AvgIpc) is 2.93. The van der Waals surface area contributed by atoms with Crippen molar-refractivity contribution in [3.8, 4) is 0 Å². The molecule has 2 aliphatic carbocycles. The average molecular weight is 306 g/mol. The number of nitrogens with one attached hydrogen (secondary N) is 1. The minimum Gasteiger partial charge on any atom is -0.364 e. The van der Waals surface area contributed by atoms with Crippen LogP contribution in [0.15, 0.2) is 24.3 Å². The molecule has 0 unspecified atom stereocenters. The first-order valence-electron chi connectivity index (χ1n) is 7.62. The highest BCUT2D eigenvalue weighted by atomic mass is 35.5. The van der Waals surface area contributed by atoms with E-state index in [4.69, 9.17) is 16.3 Å². The number of anilines is 1. The summed E-state index contributed by atoms with van der Waals surface area (Å²) in [7, 11) is 0. The molecule has 1 heterocycles. The van der Waals surface area contributed by atoms with Gasteiger partial charge in [0, 0.05) is 21.5 Å². The molecule has 0 radical (unpaired) electrons. The summed E-state index contributed by atoms with van der Waals surface area (Å²) in [6.45, 7) is 5.26. The van der Waals surface area contributed by atoms with Crippen LogP contribution in [0.4, 0.5) is 5.69 Å². The minimum absolute atomic E-state index is 0.0123. The van der Waals surface area contributed by atoms with E-state index in [-0.39, 0.29) is 16.7 Å². The summed E-state index contributed by atoms with van der Waals surface area (Å²) in [6.07, 6.45) is 3.17. The number of carbonyl (C=O) groups excluding carboxylic acids is 1. The topological polar surface area (TPSA) is 38.3 Å². The Hall–Kier alpha value is -1.06. The Bertz CT molecular complexity index is 616. The fourth-order valence-electron chi connectivity index (χ4n) is 5.02. The van der Waals surface area contributed by atoms with Crippen LogP contribution in [-0.2, 0) is 9.53 Å². The second kappa shape index (κ2) is 4.02. The van der Waals surface area contributed by atoms with Crippen LogP contribution in [0.1, 0.15) is 33.1 Å². The van der Waals surface area contributed by atoms with Gasteiger partial charge in [-0.05, 0) is 49.4 Å². The molecule has 112 valence electrons. The Labute approximate surface area is 130 Å². The predicted molar refractivity (Wildman–Crippen MR) is 82.3 cm³/mol. The molecule has 0 aromatic heterocycles. The molecule has 3 fully saturated rings. The van der Waals surface area contributed by atoms with Crippen molar-refractivity contribution in [3.05, 3.63) is 29.3 Å². The molecular weight excluding hydrogens is 286 g/mol. The van der Waals surface area contributed by atoms with Crippen molar-refractivity contribution < 1.29 is 9.53 Å². The second-order valence-electron chi connectivity index (χ2n) is 7.27. The van der Waals surface area contributed by atoms with Crippen molar-refractivity contribution in [2.75, 3.05) is 11.9 Å². The summed E-state index contributed by atoms with van der Waals surface area (Å²) in [6, 6.07) is 7.25. The van der Waals surface area contributed by atoms with Crippen LogP contribution >= 0.6 is 11.6 Å². The van der Waals surface area contributed by atoms with Crippen molar-refractivity contribution in [2.24, 2.45) is 16.7 Å². The first-order chi connectivity index (χ1) is 9.91. The highest BCUT2D eigenvalue weighted by Gasteiger charge is 2.78. The zero-order valence-corrected chi connectivity index (χ0v) is 13.2. The molecule has 1 amide bonds. The molecule has 2 saturated carbocycles. The lowest BCUT2D eigenvalue weighted by atomic mass is 9.66. The van der Waals surface area contributed by atoms with E-state index in [2.05, 4.69) is 19.2 Å². The van der Waals surface area contributed by atoms with Crippen LogP contribution in [0.5, 0.6) is 0 Å². The van der Waals surface area contributed by atoms with Gasteiger partial charge in [0.25, 0.3) is 5.91 Å². The lowest BCUT2D eigenvalue weighted by molar-refractivity contribution is -0.149. The number of rotatable bonds is 2. The number of carbonyl (C=O) groups is 1. The largest absolute Gasteiger partial charge is 0.364 e. The highest BCUT2D eigenvalue weighted by Crippen LogP contribution is 2.75. The highest BCUT2D eigenvalue weighted by molar-refractivity contribution is 6.30. The van der Waals surface area contributed by atoms with Gasteiger partial charge in [0.1, 0.15) is 0 Å². The molecule has 1 N–H and O–H groups in total. The van der Waals surface area contributed by atoms with Gasteiger partial charge in [0.15, 0.2) is 5.60 Å². The Kier molecular flexibility index (Phi) is 2.60. The number of hydrogen-bond donors (Lipinski definition) is 1. The third-order valence-electron chi connectivity index (χ3n) is 6.67. The van der Waals surface area contributed by atoms with Gasteiger partial charge in [0.05, 0.1) is 6.61 Å². The summed E-state index contributed by atoms with van der Waals surface area (Å²) in [4.78, 5) is 12.9. The third kappa shape index (κ3) is 1.46. The predicted octanol–water partition coefficient (Wildman–Crippen LogP) is 3.87. The number of hydrogen-bond acceptors (Lipinski definition) is 2. The van der Waals surface area contributed by atoms with E-state index in [1.807, 2.05) is 12.1 Å². The molecule has 1 saturated heterocycles. The van der Waals surface area contributed by atoms with Crippen molar-refractivity contribution >= 4 is 23.2 Å². The van der Waals surface area contributed by atoms with E-state index in [1.165, 1.54) is 6.42 Å².